The molecular formula is C11H17N3O4. The van der Waals surface area contributed by atoms with Gasteiger partial charge in [0, 0.05) is 13.3 Å². The molecule has 1 heterocycles. The molecule has 0 aliphatic heterocycles. The lowest BCUT2D eigenvalue weighted by molar-refractivity contribution is 0.0543. The number of nitrogens with zero attached hydrogens (tertiary/aromatic N) is 2. The van der Waals surface area contributed by atoms with Crippen LogP contribution in [0.3, 0.4) is 0 Å². The molecule has 1 aromatic rings. The number of hydrogen-bond donors (Lipinski definition) is 2. The zero-order valence-corrected chi connectivity index (χ0v) is 10.2. The van der Waals surface area contributed by atoms with Gasteiger partial charge in [-0.15, -0.1) is 0 Å². The smallest absolute Gasteiger partial charge is 0.173 e. The maximum atomic E-state index is 8.63. The number of ether oxygens (including phenoxy) is 3. The SMILES string of the molecule is COCCOCCOc1cnccc1/C(N)=N/O. The molecule has 0 fully saturated rings. The van der Waals surface area contributed by atoms with E-state index in [2.05, 4.69) is 10.1 Å². The number of nitrogens with two attached hydrogens (primary N) is 1. The molecule has 0 amide bonds. The zero-order chi connectivity index (χ0) is 13.2. The Hall–Kier alpha value is -1.86. The highest BCUT2D eigenvalue weighted by Crippen LogP contribution is 2.15. The highest BCUT2D eigenvalue weighted by molar-refractivity contribution is 5.99. The molecule has 0 unspecified atom stereocenters. The fourth-order valence-electron chi connectivity index (χ4n) is 1.22. The number of methoxy groups -OCH3 is 1. The number of hydrogen-bond acceptors (Lipinski definition) is 6. The Bertz CT molecular complexity index is 384. The molecular weight excluding hydrogens is 238 g/mol. The molecule has 1 rings (SSSR count). The van der Waals surface area contributed by atoms with Crippen LogP contribution in [-0.2, 0) is 9.47 Å². The molecule has 0 atom stereocenters. The van der Waals surface area contributed by atoms with Crippen molar-refractivity contribution < 1.29 is 19.4 Å². The minimum Gasteiger partial charge on any atom is -0.489 e. The maximum absolute atomic E-state index is 8.63. The van der Waals surface area contributed by atoms with Crippen molar-refractivity contribution in [3.8, 4) is 5.75 Å². The fraction of sp³-hybridized carbons (Fsp3) is 0.455. The predicted octanol–water partition coefficient (Wildman–Crippen LogP) is 0.218. The Kier molecular flexibility index (Phi) is 6.52. The Morgan fingerprint density at radius 1 is 1.39 bits per heavy atom. The van der Waals surface area contributed by atoms with E-state index in [0.717, 1.165) is 0 Å². The minimum absolute atomic E-state index is 0.0206. The largest absolute Gasteiger partial charge is 0.489 e. The van der Waals surface area contributed by atoms with Crippen molar-refractivity contribution in [3.05, 3.63) is 24.0 Å². The predicted molar refractivity (Wildman–Crippen MR) is 64.9 cm³/mol. The van der Waals surface area contributed by atoms with Crippen molar-refractivity contribution in [2.75, 3.05) is 33.5 Å². The van der Waals surface area contributed by atoms with Crippen LogP contribution in [0.15, 0.2) is 23.6 Å². The first-order valence-electron chi connectivity index (χ1n) is 5.41. The monoisotopic (exact) mass is 255 g/mol. The molecule has 0 aliphatic rings. The first-order chi connectivity index (χ1) is 8.79. The van der Waals surface area contributed by atoms with E-state index < -0.39 is 0 Å². The van der Waals surface area contributed by atoms with Crippen molar-refractivity contribution in [2.24, 2.45) is 10.9 Å². The van der Waals surface area contributed by atoms with Gasteiger partial charge in [-0.05, 0) is 6.07 Å². The summed E-state index contributed by atoms with van der Waals surface area (Å²) in [6, 6.07) is 1.61. The van der Waals surface area contributed by atoms with Gasteiger partial charge in [0.15, 0.2) is 5.84 Å². The maximum Gasteiger partial charge on any atom is 0.173 e. The van der Waals surface area contributed by atoms with Gasteiger partial charge in [-0.25, -0.2) is 0 Å². The van der Waals surface area contributed by atoms with Crippen LogP contribution in [0.2, 0.25) is 0 Å². The third-order valence-electron chi connectivity index (χ3n) is 2.09. The first kappa shape index (κ1) is 14.2. The molecule has 1 aromatic heterocycles. The molecule has 7 heteroatoms. The lowest BCUT2D eigenvalue weighted by atomic mass is 10.2. The molecule has 0 spiro atoms. The van der Waals surface area contributed by atoms with Gasteiger partial charge in [-0.1, -0.05) is 5.16 Å². The van der Waals surface area contributed by atoms with Crippen LogP contribution >= 0.6 is 0 Å². The summed E-state index contributed by atoms with van der Waals surface area (Å²) in [5, 5.41) is 11.6. The summed E-state index contributed by atoms with van der Waals surface area (Å²) in [5.41, 5.74) is 6.00. The van der Waals surface area contributed by atoms with Gasteiger partial charge < -0.3 is 25.2 Å². The highest BCUT2D eigenvalue weighted by atomic mass is 16.5. The first-order valence-corrected chi connectivity index (χ1v) is 5.41. The lowest BCUT2D eigenvalue weighted by Crippen LogP contribution is -2.16. The average Bonchev–Trinajstić information content (AvgIpc) is 2.42. The second-order valence-electron chi connectivity index (χ2n) is 3.31. The van der Waals surface area contributed by atoms with E-state index in [1.54, 1.807) is 13.2 Å². The molecule has 0 saturated heterocycles. The molecule has 0 aliphatic carbocycles. The summed E-state index contributed by atoms with van der Waals surface area (Å²) in [6.07, 6.45) is 3.04. The van der Waals surface area contributed by atoms with Gasteiger partial charge in [0.2, 0.25) is 0 Å². The summed E-state index contributed by atoms with van der Waals surface area (Å²) >= 11 is 0. The number of rotatable bonds is 8. The van der Waals surface area contributed by atoms with Crippen LogP contribution in [0.5, 0.6) is 5.75 Å². The van der Waals surface area contributed by atoms with Gasteiger partial charge in [0.1, 0.15) is 12.4 Å². The van der Waals surface area contributed by atoms with Gasteiger partial charge in [0.05, 0.1) is 31.6 Å². The second-order valence-corrected chi connectivity index (χ2v) is 3.31. The molecule has 100 valence electrons. The number of oxime groups is 1. The van der Waals surface area contributed by atoms with Crippen molar-refractivity contribution in [2.45, 2.75) is 0 Å². The van der Waals surface area contributed by atoms with Crippen LogP contribution < -0.4 is 10.5 Å². The molecule has 0 aromatic carbocycles. The Morgan fingerprint density at radius 2 is 2.17 bits per heavy atom. The second kappa shape index (κ2) is 8.26. The average molecular weight is 255 g/mol. The summed E-state index contributed by atoms with van der Waals surface area (Å²) in [5.74, 6) is 0.427. The number of pyridine rings is 1. The van der Waals surface area contributed by atoms with Crippen LogP contribution in [-0.4, -0.2) is 49.6 Å². The fourth-order valence-corrected chi connectivity index (χ4v) is 1.22. The molecule has 0 radical (unpaired) electrons. The van der Waals surface area contributed by atoms with Crippen LogP contribution in [0.25, 0.3) is 0 Å². The van der Waals surface area contributed by atoms with E-state index in [0.29, 0.717) is 37.7 Å². The summed E-state index contributed by atoms with van der Waals surface area (Å²) < 4.78 is 15.5. The Labute approximate surface area is 105 Å². The summed E-state index contributed by atoms with van der Waals surface area (Å²) in [7, 11) is 1.61. The third kappa shape index (κ3) is 4.56. The van der Waals surface area contributed by atoms with Gasteiger partial charge in [0.25, 0.3) is 0 Å². The number of amidine groups is 1. The Balaban J connectivity index is 2.42. The van der Waals surface area contributed by atoms with Gasteiger partial charge in [-0.2, -0.15) is 0 Å². The third-order valence-corrected chi connectivity index (χ3v) is 2.09. The molecule has 7 nitrogen and oxygen atoms in total. The molecule has 0 bridgehead atoms. The topological polar surface area (TPSA) is 99.2 Å². The molecule has 0 saturated carbocycles. The van der Waals surface area contributed by atoms with E-state index in [-0.39, 0.29) is 5.84 Å². The van der Waals surface area contributed by atoms with Crippen molar-refractivity contribution in [1.82, 2.24) is 4.98 Å². The molecule has 3 N–H and O–H groups in total. The van der Waals surface area contributed by atoms with E-state index in [4.69, 9.17) is 25.2 Å². The Morgan fingerprint density at radius 3 is 2.89 bits per heavy atom. The van der Waals surface area contributed by atoms with Crippen LogP contribution in [0.1, 0.15) is 5.56 Å². The van der Waals surface area contributed by atoms with E-state index in [1.165, 1.54) is 12.4 Å². The van der Waals surface area contributed by atoms with Crippen molar-refractivity contribution in [3.63, 3.8) is 0 Å². The van der Waals surface area contributed by atoms with Crippen LogP contribution in [0, 0.1) is 0 Å². The lowest BCUT2D eigenvalue weighted by Gasteiger charge is -2.10. The van der Waals surface area contributed by atoms with Crippen molar-refractivity contribution >= 4 is 5.84 Å². The summed E-state index contributed by atoms with van der Waals surface area (Å²) in [4.78, 5) is 3.91. The molecule has 18 heavy (non-hydrogen) atoms. The standard InChI is InChI=1S/C11H17N3O4/c1-16-4-5-17-6-7-18-10-8-13-3-2-9(10)11(12)14-15/h2-3,8,15H,4-7H2,1H3,(H2,12,14). The van der Waals surface area contributed by atoms with E-state index in [1.807, 2.05) is 0 Å². The van der Waals surface area contributed by atoms with Crippen molar-refractivity contribution in [1.29, 1.82) is 0 Å². The zero-order valence-electron chi connectivity index (χ0n) is 10.2. The van der Waals surface area contributed by atoms with Gasteiger partial charge in [-0.3, -0.25) is 4.98 Å². The van der Waals surface area contributed by atoms with Crippen LogP contribution in [0.4, 0.5) is 0 Å². The van der Waals surface area contributed by atoms with Gasteiger partial charge >= 0.3 is 0 Å². The van der Waals surface area contributed by atoms with E-state index in [9.17, 15) is 0 Å². The minimum atomic E-state index is -0.0206. The highest BCUT2D eigenvalue weighted by Gasteiger charge is 2.07. The normalized spacial score (nSPS) is 11.5. The van der Waals surface area contributed by atoms with E-state index >= 15 is 0 Å². The summed E-state index contributed by atoms with van der Waals surface area (Å²) in [6.45, 7) is 1.83. The number of aromatic nitrogens is 1. The quantitative estimate of drug-likeness (QED) is 0.226.